The molecule has 0 spiro atoms. The average Bonchev–Trinajstić information content (AvgIpc) is 2.51. The second-order valence-electron chi connectivity index (χ2n) is 5.21. The summed E-state index contributed by atoms with van der Waals surface area (Å²) >= 11 is 0. The fourth-order valence-corrected chi connectivity index (χ4v) is 2.23. The largest absolute Gasteiger partial charge is 0.461 e. The van der Waals surface area contributed by atoms with E-state index in [1.165, 1.54) is 0 Å². The van der Waals surface area contributed by atoms with Gasteiger partial charge in [-0.15, -0.1) is 0 Å². The molecule has 0 atom stereocenters. The maximum absolute atomic E-state index is 11.8. The quantitative estimate of drug-likeness (QED) is 0.832. The lowest BCUT2D eigenvalue weighted by Crippen LogP contribution is -2.19. The minimum atomic E-state index is -0.331. The Bertz CT molecular complexity index is 749. The van der Waals surface area contributed by atoms with Crippen molar-refractivity contribution in [2.24, 2.45) is 0 Å². The van der Waals surface area contributed by atoms with Gasteiger partial charge in [0, 0.05) is 17.7 Å². The highest BCUT2D eigenvalue weighted by Gasteiger charge is 2.10. The van der Waals surface area contributed by atoms with Crippen molar-refractivity contribution in [3.8, 4) is 0 Å². The molecule has 23 heavy (non-hydrogen) atoms. The van der Waals surface area contributed by atoms with Gasteiger partial charge in [-0.1, -0.05) is 36.4 Å². The van der Waals surface area contributed by atoms with Gasteiger partial charge in [-0.3, -0.25) is 9.59 Å². The van der Waals surface area contributed by atoms with E-state index in [4.69, 9.17) is 4.74 Å². The summed E-state index contributed by atoms with van der Waals surface area (Å²) in [5.74, 6) is 0.243. The molecule has 1 N–H and O–H groups in total. The van der Waals surface area contributed by atoms with Gasteiger partial charge in [0.05, 0.1) is 0 Å². The Morgan fingerprint density at radius 2 is 2.00 bits per heavy atom. The summed E-state index contributed by atoms with van der Waals surface area (Å²) in [6.45, 7) is 3.71. The molecular formula is C18H20N2O3. The summed E-state index contributed by atoms with van der Waals surface area (Å²) in [6.07, 6.45) is 4.17. The number of hydrogen-bond acceptors (Lipinski definition) is 4. The van der Waals surface area contributed by atoms with Crippen LogP contribution >= 0.6 is 0 Å². The van der Waals surface area contributed by atoms with Crippen LogP contribution in [0, 0.1) is 13.8 Å². The van der Waals surface area contributed by atoms with Gasteiger partial charge in [0.25, 0.3) is 5.56 Å². The normalized spacial score (nSPS) is 10.9. The number of carbonyl (C=O) groups is 1. The number of aromatic nitrogens is 2. The number of esters is 1. The van der Waals surface area contributed by atoms with Crippen LogP contribution in [0.1, 0.15) is 29.1 Å². The van der Waals surface area contributed by atoms with Gasteiger partial charge in [-0.05, 0) is 31.9 Å². The van der Waals surface area contributed by atoms with Crippen molar-refractivity contribution in [1.29, 1.82) is 0 Å². The van der Waals surface area contributed by atoms with E-state index in [1.807, 2.05) is 36.4 Å². The van der Waals surface area contributed by atoms with Crippen LogP contribution < -0.4 is 5.56 Å². The van der Waals surface area contributed by atoms with Gasteiger partial charge in [-0.2, -0.15) is 0 Å². The predicted molar refractivity (Wildman–Crippen MR) is 89.1 cm³/mol. The maximum atomic E-state index is 11.8. The number of benzene rings is 1. The lowest BCUT2D eigenvalue weighted by atomic mass is 10.1. The molecule has 1 aromatic carbocycles. The lowest BCUT2D eigenvalue weighted by Gasteiger charge is -2.05. The van der Waals surface area contributed by atoms with Crippen molar-refractivity contribution >= 4 is 12.0 Å². The number of nitrogens with one attached hydrogen (secondary N) is 1. The molecular weight excluding hydrogens is 292 g/mol. The van der Waals surface area contributed by atoms with Crippen molar-refractivity contribution in [1.82, 2.24) is 9.97 Å². The molecule has 0 saturated heterocycles. The standard InChI is InChI=1S/C18H20N2O3/c1-13-16(18(22)20-14(2)19-13)10-11-17(21)23-12-6-9-15-7-4-3-5-8-15/h3-9H,10-12H2,1-2H3,(H,19,20,22)/b9-6+. The fraction of sp³-hybridized carbons (Fsp3) is 0.278. The number of aromatic amines is 1. The number of ether oxygens (including phenoxy) is 1. The van der Waals surface area contributed by atoms with Gasteiger partial charge in [0.15, 0.2) is 0 Å². The molecule has 0 amide bonds. The molecule has 1 aromatic heterocycles. The van der Waals surface area contributed by atoms with Gasteiger partial charge >= 0.3 is 5.97 Å². The molecule has 0 unspecified atom stereocenters. The molecule has 0 aliphatic carbocycles. The minimum absolute atomic E-state index is 0.161. The van der Waals surface area contributed by atoms with Crippen LogP contribution in [0.3, 0.4) is 0 Å². The van der Waals surface area contributed by atoms with Crippen molar-refractivity contribution < 1.29 is 9.53 Å². The first kappa shape index (κ1) is 16.7. The topological polar surface area (TPSA) is 72.0 Å². The molecule has 5 nitrogen and oxygen atoms in total. The Kier molecular flexibility index (Phi) is 5.86. The molecule has 2 aromatic rings. The van der Waals surface area contributed by atoms with Crippen LogP contribution in [0.5, 0.6) is 0 Å². The van der Waals surface area contributed by atoms with Gasteiger partial charge in [-0.25, -0.2) is 4.98 Å². The van der Waals surface area contributed by atoms with Gasteiger partial charge < -0.3 is 9.72 Å². The lowest BCUT2D eigenvalue weighted by molar-refractivity contribution is -0.142. The molecule has 5 heteroatoms. The van der Waals surface area contributed by atoms with E-state index < -0.39 is 0 Å². The van der Waals surface area contributed by atoms with Crippen molar-refractivity contribution in [3.63, 3.8) is 0 Å². The Labute approximate surface area is 135 Å². The zero-order chi connectivity index (χ0) is 16.7. The van der Waals surface area contributed by atoms with E-state index in [0.717, 1.165) is 5.56 Å². The van der Waals surface area contributed by atoms with E-state index in [2.05, 4.69) is 9.97 Å². The molecule has 0 saturated carbocycles. The molecule has 2 rings (SSSR count). The summed E-state index contributed by atoms with van der Waals surface area (Å²) in [5, 5.41) is 0. The summed E-state index contributed by atoms with van der Waals surface area (Å²) in [4.78, 5) is 30.4. The van der Waals surface area contributed by atoms with E-state index in [1.54, 1.807) is 19.9 Å². The van der Waals surface area contributed by atoms with Crippen LogP contribution in [0.15, 0.2) is 41.2 Å². The number of aryl methyl sites for hydroxylation is 2. The highest BCUT2D eigenvalue weighted by atomic mass is 16.5. The number of H-pyrrole nitrogens is 1. The van der Waals surface area contributed by atoms with E-state index in [9.17, 15) is 9.59 Å². The Hall–Kier alpha value is -2.69. The van der Waals surface area contributed by atoms with Crippen LogP contribution in [-0.4, -0.2) is 22.5 Å². The molecule has 0 radical (unpaired) electrons. The average molecular weight is 312 g/mol. The zero-order valence-corrected chi connectivity index (χ0v) is 13.3. The van der Waals surface area contributed by atoms with Crippen LogP contribution in [-0.2, 0) is 16.0 Å². The third kappa shape index (κ3) is 5.21. The second kappa shape index (κ2) is 8.08. The Morgan fingerprint density at radius 1 is 1.26 bits per heavy atom. The number of rotatable bonds is 6. The highest BCUT2D eigenvalue weighted by Crippen LogP contribution is 2.04. The van der Waals surface area contributed by atoms with Crippen LogP contribution in [0.25, 0.3) is 6.08 Å². The van der Waals surface area contributed by atoms with Crippen molar-refractivity contribution in [2.75, 3.05) is 6.61 Å². The van der Waals surface area contributed by atoms with Crippen molar-refractivity contribution in [2.45, 2.75) is 26.7 Å². The molecule has 0 bridgehead atoms. The minimum Gasteiger partial charge on any atom is -0.461 e. The van der Waals surface area contributed by atoms with Crippen molar-refractivity contribution in [3.05, 3.63) is 69.4 Å². The molecule has 1 heterocycles. The van der Waals surface area contributed by atoms with E-state index in [0.29, 0.717) is 23.5 Å². The first-order valence-corrected chi connectivity index (χ1v) is 7.50. The smallest absolute Gasteiger partial charge is 0.306 e. The highest BCUT2D eigenvalue weighted by molar-refractivity contribution is 5.70. The molecule has 0 aliphatic rings. The summed E-state index contributed by atoms with van der Waals surface area (Å²) in [6, 6.07) is 9.78. The number of carbonyl (C=O) groups excluding carboxylic acids is 1. The third-order valence-electron chi connectivity index (χ3n) is 3.37. The SMILES string of the molecule is Cc1nc(C)c(CCC(=O)OC/C=C/c2ccccc2)c(=O)[nH]1. The molecule has 0 fully saturated rings. The van der Waals surface area contributed by atoms with E-state index in [-0.39, 0.29) is 24.6 Å². The molecule has 120 valence electrons. The Morgan fingerprint density at radius 3 is 2.70 bits per heavy atom. The Balaban J connectivity index is 1.80. The first-order valence-electron chi connectivity index (χ1n) is 7.50. The number of hydrogen-bond donors (Lipinski definition) is 1. The summed E-state index contributed by atoms with van der Waals surface area (Å²) in [5.41, 5.74) is 2.05. The summed E-state index contributed by atoms with van der Waals surface area (Å²) < 4.78 is 5.13. The van der Waals surface area contributed by atoms with Gasteiger partial charge in [0.2, 0.25) is 0 Å². The van der Waals surface area contributed by atoms with E-state index >= 15 is 0 Å². The first-order chi connectivity index (χ1) is 11.1. The maximum Gasteiger partial charge on any atom is 0.306 e. The van der Waals surface area contributed by atoms with Crippen LogP contribution in [0.4, 0.5) is 0 Å². The second-order valence-corrected chi connectivity index (χ2v) is 5.21. The number of nitrogens with zero attached hydrogens (tertiary/aromatic N) is 1. The van der Waals surface area contributed by atoms with Gasteiger partial charge in [0.1, 0.15) is 12.4 Å². The fourth-order valence-electron chi connectivity index (χ4n) is 2.23. The zero-order valence-electron chi connectivity index (χ0n) is 13.3. The summed E-state index contributed by atoms with van der Waals surface area (Å²) in [7, 11) is 0. The predicted octanol–water partition coefficient (Wildman–Crippen LogP) is 2.58. The third-order valence-corrected chi connectivity index (χ3v) is 3.37. The van der Waals surface area contributed by atoms with Crippen LogP contribution in [0.2, 0.25) is 0 Å². The molecule has 0 aliphatic heterocycles. The monoisotopic (exact) mass is 312 g/mol.